The fourth-order valence-corrected chi connectivity index (χ4v) is 2.33. The number of nitrogens with one attached hydrogen (secondary N) is 1. The van der Waals surface area contributed by atoms with Gasteiger partial charge in [-0.25, -0.2) is 9.37 Å². The molecule has 3 rings (SSSR count). The van der Waals surface area contributed by atoms with Crippen LogP contribution in [0.15, 0.2) is 48.8 Å². The molecule has 2 aromatic carbocycles. The molecule has 0 radical (unpaired) electrons. The highest BCUT2D eigenvalue weighted by atomic mass is 19.1. The minimum absolute atomic E-state index is 0.264. The van der Waals surface area contributed by atoms with Crippen LogP contribution in [0.25, 0.3) is 0 Å². The molecule has 0 unspecified atom stereocenters. The zero-order valence-electron chi connectivity index (χ0n) is 13.4. The number of nitrogen functional groups attached to an aromatic ring is 1. The smallest absolute Gasteiger partial charge is 0.248 e. The van der Waals surface area contributed by atoms with E-state index in [2.05, 4.69) is 21.4 Å². The second-order valence-electron chi connectivity index (χ2n) is 5.50. The molecule has 0 aliphatic heterocycles. The quantitative estimate of drug-likeness (QED) is 0.746. The highest BCUT2D eigenvalue weighted by Crippen LogP contribution is 2.31. The van der Waals surface area contributed by atoms with Gasteiger partial charge < -0.3 is 15.8 Å². The number of nitrogens with zero attached hydrogens (tertiary/aromatic N) is 2. The standard InChI is InChI=1S/C18H17FN4O/c1-11-7-12(2)9-15(8-11)24-18-16(20)17(21-10-22-18)23-14-5-3-13(19)4-6-14/h3-10H,20H2,1-2H3,(H,21,22,23). The second-order valence-corrected chi connectivity index (χ2v) is 5.50. The molecule has 3 N–H and O–H groups in total. The van der Waals surface area contributed by atoms with E-state index in [0.717, 1.165) is 11.1 Å². The summed E-state index contributed by atoms with van der Waals surface area (Å²) in [4.78, 5) is 8.20. The largest absolute Gasteiger partial charge is 0.437 e. The molecule has 0 saturated heterocycles. The van der Waals surface area contributed by atoms with Crippen molar-refractivity contribution in [2.75, 3.05) is 11.1 Å². The Balaban J connectivity index is 1.86. The van der Waals surface area contributed by atoms with Crippen molar-refractivity contribution in [3.05, 3.63) is 65.7 Å². The molecule has 1 heterocycles. The van der Waals surface area contributed by atoms with E-state index in [9.17, 15) is 4.39 Å². The van der Waals surface area contributed by atoms with Crippen LogP contribution in [0.2, 0.25) is 0 Å². The summed E-state index contributed by atoms with van der Waals surface area (Å²) in [6.45, 7) is 3.98. The van der Waals surface area contributed by atoms with Crippen molar-refractivity contribution >= 4 is 17.2 Å². The molecule has 122 valence electrons. The van der Waals surface area contributed by atoms with E-state index < -0.39 is 0 Å². The zero-order chi connectivity index (χ0) is 17.1. The van der Waals surface area contributed by atoms with Crippen LogP contribution in [0.1, 0.15) is 11.1 Å². The van der Waals surface area contributed by atoms with E-state index in [4.69, 9.17) is 10.5 Å². The fourth-order valence-electron chi connectivity index (χ4n) is 2.33. The van der Waals surface area contributed by atoms with Gasteiger partial charge in [0.2, 0.25) is 5.88 Å². The SMILES string of the molecule is Cc1cc(C)cc(Oc2ncnc(Nc3ccc(F)cc3)c2N)c1. The molecule has 3 aromatic rings. The van der Waals surface area contributed by atoms with Crippen LogP contribution in [-0.4, -0.2) is 9.97 Å². The highest BCUT2D eigenvalue weighted by molar-refractivity contribution is 5.72. The number of benzene rings is 2. The van der Waals surface area contributed by atoms with Gasteiger partial charge in [-0.3, -0.25) is 0 Å². The number of hydrogen-bond donors (Lipinski definition) is 2. The van der Waals surface area contributed by atoms with Crippen LogP contribution >= 0.6 is 0 Å². The lowest BCUT2D eigenvalue weighted by Gasteiger charge is -2.12. The van der Waals surface area contributed by atoms with Crippen molar-refractivity contribution in [3.8, 4) is 11.6 Å². The number of halogens is 1. The molecule has 0 bridgehead atoms. The molecular weight excluding hydrogens is 307 g/mol. The van der Waals surface area contributed by atoms with E-state index in [1.165, 1.54) is 18.5 Å². The van der Waals surface area contributed by atoms with Crippen LogP contribution in [0.5, 0.6) is 11.6 Å². The molecule has 0 aliphatic rings. The Labute approximate surface area is 139 Å². The van der Waals surface area contributed by atoms with Gasteiger partial charge in [0.15, 0.2) is 5.82 Å². The summed E-state index contributed by atoms with van der Waals surface area (Å²) in [5.74, 6) is 1.01. The Morgan fingerprint density at radius 1 is 1.00 bits per heavy atom. The summed E-state index contributed by atoms with van der Waals surface area (Å²) >= 11 is 0. The van der Waals surface area contributed by atoms with E-state index in [1.54, 1.807) is 12.1 Å². The molecule has 24 heavy (non-hydrogen) atoms. The number of nitrogens with two attached hydrogens (primary N) is 1. The first-order chi connectivity index (χ1) is 11.5. The minimum Gasteiger partial charge on any atom is -0.437 e. The Hall–Kier alpha value is -3.15. The summed E-state index contributed by atoms with van der Waals surface area (Å²) in [6.07, 6.45) is 1.36. The van der Waals surface area contributed by atoms with Gasteiger partial charge in [0.1, 0.15) is 23.6 Å². The van der Waals surface area contributed by atoms with Crippen LogP contribution in [-0.2, 0) is 0 Å². The van der Waals surface area contributed by atoms with Gasteiger partial charge in [-0.2, -0.15) is 4.98 Å². The average molecular weight is 324 g/mol. The Morgan fingerprint density at radius 3 is 2.33 bits per heavy atom. The van der Waals surface area contributed by atoms with Gasteiger partial charge in [0.05, 0.1) is 0 Å². The number of rotatable bonds is 4. The van der Waals surface area contributed by atoms with E-state index >= 15 is 0 Å². The number of aryl methyl sites for hydroxylation is 2. The van der Waals surface area contributed by atoms with Gasteiger partial charge in [0, 0.05) is 5.69 Å². The van der Waals surface area contributed by atoms with Gasteiger partial charge in [-0.1, -0.05) is 6.07 Å². The van der Waals surface area contributed by atoms with E-state index in [1.807, 2.05) is 26.0 Å². The van der Waals surface area contributed by atoms with Crippen LogP contribution in [0, 0.1) is 19.7 Å². The summed E-state index contributed by atoms with van der Waals surface area (Å²) in [5, 5.41) is 3.03. The first kappa shape index (κ1) is 15.7. The molecule has 0 aliphatic carbocycles. The molecule has 6 heteroatoms. The first-order valence-electron chi connectivity index (χ1n) is 7.40. The molecule has 0 spiro atoms. The number of aromatic nitrogens is 2. The Morgan fingerprint density at radius 2 is 1.67 bits per heavy atom. The van der Waals surface area contributed by atoms with Crippen molar-refractivity contribution in [2.45, 2.75) is 13.8 Å². The van der Waals surface area contributed by atoms with Crippen molar-refractivity contribution in [1.29, 1.82) is 0 Å². The number of anilines is 3. The summed E-state index contributed by atoms with van der Waals surface area (Å²) in [6, 6.07) is 11.8. The Kier molecular flexibility index (Phi) is 4.29. The maximum absolute atomic E-state index is 13.0. The summed E-state index contributed by atoms with van der Waals surface area (Å²) < 4.78 is 18.8. The summed E-state index contributed by atoms with van der Waals surface area (Å²) in [7, 11) is 0. The monoisotopic (exact) mass is 324 g/mol. The molecule has 0 saturated carbocycles. The normalized spacial score (nSPS) is 10.5. The van der Waals surface area contributed by atoms with Gasteiger partial charge in [-0.05, 0) is 61.4 Å². The number of hydrogen-bond acceptors (Lipinski definition) is 5. The lowest BCUT2D eigenvalue weighted by Crippen LogP contribution is -2.03. The van der Waals surface area contributed by atoms with Crippen LogP contribution < -0.4 is 15.8 Å². The predicted octanol–water partition coefficient (Wildman–Crippen LogP) is 4.35. The average Bonchev–Trinajstić information content (AvgIpc) is 2.52. The maximum atomic E-state index is 13.0. The summed E-state index contributed by atoms with van der Waals surface area (Å²) in [5.41, 5.74) is 9.21. The third-order valence-electron chi connectivity index (χ3n) is 3.36. The lowest BCUT2D eigenvalue weighted by molar-refractivity contribution is 0.464. The van der Waals surface area contributed by atoms with E-state index in [-0.39, 0.29) is 17.4 Å². The van der Waals surface area contributed by atoms with Crippen molar-refractivity contribution in [2.24, 2.45) is 0 Å². The molecule has 0 atom stereocenters. The lowest BCUT2D eigenvalue weighted by atomic mass is 10.1. The molecule has 1 aromatic heterocycles. The number of ether oxygens (including phenoxy) is 1. The van der Waals surface area contributed by atoms with Gasteiger partial charge in [-0.15, -0.1) is 0 Å². The molecule has 0 amide bonds. The first-order valence-corrected chi connectivity index (χ1v) is 7.40. The third-order valence-corrected chi connectivity index (χ3v) is 3.36. The van der Waals surface area contributed by atoms with Crippen molar-refractivity contribution < 1.29 is 9.13 Å². The molecular formula is C18H17FN4O. The second kappa shape index (κ2) is 6.54. The minimum atomic E-state index is -0.310. The van der Waals surface area contributed by atoms with Crippen molar-refractivity contribution in [1.82, 2.24) is 9.97 Å². The van der Waals surface area contributed by atoms with Crippen molar-refractivity contribution in [3.63, 3.8) is 0 Å². The van der Waals surface area contributed by atoms with E-state index in [0.29, 0.717) is 17.3 Å². The molecule has 0 fully saturated rings. The third kappa shape index (κ3) is 3.60. The predicted molar refractivity (Wildman–Crippen MR) is 92.1 cm³/mol. The fraction of sp³-hybridized carbons (Fsp3) is 0.111. The Bertz CT molecular complexity index is 845. The maximum Gasteiger partial charge on any atom is 0.248 e. The van der Waals surface area contributed by atoms with Gasteiger partial charge in [0.25, 0.3) is 0 Å². The van der Waals surface area contributed by atoms with Crippen LogP contribution in [0.3, 0.4) is 0 Å². The highest BCUT2D eigenvalue weighted by Gasteiger charge is 2.11. The zero-order valence-corrected chi connectivity index (χ0v) is 13.4. The molecule has 5 nitrogen and oxygen atoms in total. The van der Waals surface area contributed by atoms with Crippen LogP contribution in [0.4, 0.5) is 21.6 Å². The van der Waals surface area contributed by atoms with Gasteiger partial charge >= 0.3 is 0 Å². The topological polar surface area (TPSA) is 73.1 Å².